The summed E-state index contributed by atoms with van der Waals surface area (Å²) >= 11 is 1.42. The molecule has 0 saturated heterocycles. The van der Waals surface area contributed by atoms with Crippen LogP contribution in [0.4, 0.5) is 29.7 Å². The minimum atomic E-state index is -2.56. The average Bonchev–Trinajstić information content (AvgIpc) is 3.22. The summed E-state index contributed by atoms with van der Waals surface area (Å²) in [6.45, 7) is 1.27. The van der Waals surface area contributed by atoms with Gasteiger partial charge in [0.15, 0.2) is 5.13 Å². The largest absolute Gasteiger partial charge is 0.321 e. The summed E-state index contributed by atoms with van der Waals surface area (Å²) in [4.78, 5) is 30.3. The molecule has 0 aliphatic carbocycles. The Morgan fingerprint density at radius 2 is 1.91 bits per heavy atom. The number of nitrogens with one attached hydrogen (secondary N) is 1. The van der Waals surface area contributed by atoms with Gasteiger partial charge >= 0.3 is 0 Å². The second kappa shape index (κ2) is 10.8. The number of anilines is 3. The minimum Gasteiger partial charge on any atom is -0.321 e. The molecule has 168 valence electrons. The number of nitrogens with zero attached hydrogens (tertiary/aromatic N) is 3. The van der Waals surface area contributed by atoms with E-state index in [1.807, 2.05) is 0 Å². The lowest BCUT2D eigenvalue weighted by Gasteiger charge is -2.18. The molecule has 1 heterocycles. The van der Waals surface area contributed by atoms with Crippen molar-refractivity contribution in [2.24, 2.45) is 0 Å². The Balaban J connectivity index is 1.79. The van der Waals surface area contributed by atoms with Crippen LogP contribution in [0, 0.1) is 17.1 Å². The van der Waals surface area contributed by atoms with Gasteiger partial charge in [0, 0.05) is 22.9 Å². The number of halogens is 3. The molecule has 33 heavy (non-hydrogen) atoms. The molecular formula is C22H15F3N4O2S2. The molecule has 2 aromatic carbocycles. The molecule has 3 rings (SSSR count). The van der Waals surface area contributed by atoms with E-state index < -0.39 is 23.4 Å². The smallest absolute Gasteiger partial charge is 0.288 e. The van der Waals surface area contributed by atoms with Gasteiger partial charge in [-0.05, 0) is 42.5 Å². The van der Waals surface area contributed by atoms with E-state index in [1.165, 1.54) is 60.8 Å². The lowest BCUT2D eigenvalue weighted by atomic mass is 10.2. The molecule has 0 saturated carbocycles. The SMILES string of the molecule is CC(=O)N(c1nc(/C=C(\C#N)C(=O)Nc2ccc(SC(F)F)cc2)cs1)c1ccccc1F. The molecule has 3 aromatic rings. The average molecular weight is 489 g/mol. The molecule has 6 nitrogen and oxygen atoms in total. The van der Waals surface area contributed by atoms with E-state index in [0.29, 0.717) is 22.3 Å². The van der Waals surface area contributed by atoms with Crippen molar-refractivity contribution >= 4 is 57.5 Å². The maximum absolute atomic E-state index is 14.2. The van der Waals surface area contributed by atoms with E-state index in [1.54, 1.807) is 12.1 Å². The minimum absolute atomic E-state index is 0.0292. The van der Waals surface area contributed by atoms with Crippen molar-refractivity contribution in [2.75, 3.05) is 10.2 Å². The molecule has 0 aliphatic heterocycles. The van der Waals surface area contributed by atoms with Crippen LogP contribution in [-0.4, -0.2) is 22.6 Å². The van der Waals surface area contributed by atoms with Gasteiger partial charge < -0.3 is 5.32 Å². The van der Waals surface area contributed by atoms with Gasteiger partial charge in [-0.2, -0.15) is 14.0 Å². The molecule has 1 aromatic heterocycles. The van der Waals surface area contributed by atoms with Crippen LogP contribution in [0.2, 0.25) is 0 Å². The van der Waals surface area contributed by atoms with E-state index in [-0.39, 0.29) is 22.1 Å². The van der Waals surface area contributed by atoms with Crippen LogP contribution in [0.25, 0.3) is 6.08 Å². The van der Waals surface area contributed by atoms with Gasteiger partial charge in [0.1, 0.15) is 17.5 Å². The topological polar surface area (TPSA) is 86.1 Å². The van der Waals surface area contributed by atoms with E-state index in [0.717, 1.165) is 16.2 Å². The summed E-state index contributed by atoms with van der Waals surface area (Å²) < 4.78 is 39.0. The van der Waals surface area contributed by atoms with Crippen molar-refractivity contribution in [1.29, 1.82) is 5.26 Å². The van der Waals surface area contributed by atoms with Crippen LogP contribution in [0.1, 0.15) is 12.6 Å². The van der Waals surface area contributed by atoms with Crippen molar-refractivity contribution in [3.8, 4) is 6.07 Å². The standard InChI is InChI=1S/C22H15F3N4O2S2/c1-13(30)29(19-5-3-2-4-18(19)23)22-28-16(12-32-22)10-14(11-26)20(31)27-15-6-8-17(9-7-15)33-21(24)25/h2-10,12,21H,1H3,(H,27,31)/b14-10+. The highest BCUT2D eigenvalue weighted by atomic mass is 32.2. The second-order valence-electron chi connectivity index (χ2n) is 6.39. The van der Waals surface area contributed by atoms with Crippen LogP contribution in [0.3, 0.4) is 0 Å². The third kappa shape index (κ3) is 6.21. The molecule has 0 atom stereocenters. The quantitative estimate of drug-likeness (QED) is 0.257. The monoisotopic (exact) mass is 488 g/mol. The first kappa shape index (κ1) is 24.0. The van der Waals surface area contributed by atoms with Crippen LogP contribution in [-0.2, 0) is 9.59 Å². The Labute approximate surface area is 195 Å². The van der Waals surface area contributed by atoms with Crippen LogP contribution < -0.4 is 10.2 Å². The first-order valence-corrected chi connectivity index (χ1v) is 11.0. The molecule has 0 aliphatic rings. The van der Waals surface area contributed by atoms with Crippen molar-refractivity contribution in [1.82, 2.24) is 4.98 Å². The first-order valence-electron chi connectivity index (χ1n) is 9.27. The van der Waals surface area contributed by atoms with Crippen molar-refractivity contribution in [3.63, 3.8) is 0 Å². The fourth-order valence-electron chi connectivity index (χ4n) is 2.70. The van der Waals surface area contributed by atoms with Crippen molar-refractivity contribution in [2.45, 2.75) is 17.6 Å². The third-order valence-corrected chi connectivity index (χ3v) is 5.67. The number of thioether (sulfide) groups is 1. The summed E-state index contributed by atoms with van der Waals surface area (Å²) in [6.07, 6.45) is 1.23. The highest BCUT2D eigenvalue weighted by molar-refractivity contribution is 7.99. The number of nitriles is 1. The van der Waals surface area contributed by atoms with Gasteiger partial charge in [-0.1, -0.05) is 23.9 Å². The predicted molar refractivity (Wildman–Crippen MR) is 122 cm³/mol. The normalized spacial score (nSPS) is 11.2. The number of carbonyl (C=O) groups excluding carboxylic acids is 2. The number of alkyl halides is 2. The molecule has 2 amide bonds. The van der Waals surface area contributed by atoms with Gasteiger partial charge in [-0.15, -0.1) is 11.3 Å². The molecule has 1 N–H and O–H groups in total. The zero-order chi connectivity index (χ0) is 24.0. The highest BCUT2D eigenvalue weighted by Crippen LogP contribution is 2.31. The highest BCUT2D eigenvalue weighted by Gasteiger charge is 2.21. The molecule has 0 spiro atoms. The molecule has 0 bridgehead atoms. The predicted octanol–water partition coefficient (Wildman–Crippen LogP) is 5.83. The number of rotatable bonds is 7. The summed E-state index contributed by atoms with van der Waals surface area (Å²) in [5.41, 5.74) is 0.314. The Hall–Kier alpha value is -3.62. The fourth-order valence-corrected chi connectivity index (χ4v) is 4.04. The Morgan fingerprint density at radius 1 is 1.21 bits per heavy atom. The zero-order valence-electron chi connectivity index (χ0n) is 17.0. The Bertz CT molecular complexity index is 1240. The Kier molecular flexibility index (Phi) is 7.87. The number of aromatic nitrogens is 1. The number of para-hydroxylation sites is 1. The van der Waals surface area contributed by atoms with Crippen LogP contribution in [0.5, 0.6) is 0 Å². The van der Waals surface area contributed by atoms with Gasteiger partial charge in [-0.3, -0.25) is 14.5 Å². The van der Waals surface area contributed by atoms with Crippen molar-refractivity contribution in [3.05, 3.63) is 71.0 Å². The Morgan fingerprint density at radius 3 is 2.52 bits per heavy atom. The number of hydrogen-bond acceptors (Lipinski definition) is 6. The van der Waals surface area contributed by atoms with Gasteiger partial charge in [0.25, 0.3) is 11.7 Å². The molecule has 11 heteroatoms. The lowest BCUT2D eigenvalue weighted by molar-refractivity contribution is -0.116. The maximum Gasteiger partial charge on any atom is 0.288 e. The van der Waals surface area contributed by atoms with E-state index in [9.17, 15) is 28.0 Å². The number of hydrogen-bond donors (Lipinski definition) is 1. The third-order valence-electron chi connectivity index (χ3n) is 4.10. The molecule has 0 fully saturated rings. The maximum atomic E-state index is 14.2. The van der Waals surface area contributed by atoms with E-state index in [4.69, 9.17) is 0 Å². The lowest BCUT2D eigenvalue weighted by Crippen LogP contribution is -2.23. The zero-order valence-corrected chi connectivity index (χ0v) is 18.6. The number of amides is 2. The van der Waals surface area contributed by atoms with Gasteiger partial charge in [0.2, 0.25) is 5.91 Å². The van der Waals surface area contributed by atoms with Crippen molar-refractivity contribution < 1.29 is 22.8 Å². The van der Waals surface area contributed by atoms with Gasteiger partial charge in [-0.25, -0.2) is 9.37 Å². The molecule has 0 unspecified atom stereocenters. The molecular weight excluding hydrogens is 473 g/mol. The van der Waals surface area contributed by atoms with E-state index >= 15 is 0 Å². The summed E-state index contributed by atoms with van der Waals surface area (Å²) in [6, 6.07) is 13.2. The summed E-state index contributed by atoms with van der Waals surface area (Å²) in [5.74, 6) is -4.34. The van der Waals surface area contributed by atoms with Crippen LogP contribution in [0.15, 0.2) is 64.4 Å². The number of carbonyl (C=O) groups is 2. The number of thiazole rings is 1. The summed E-state index contributed by atoms with van der Waals surface area (Å²) in [7, 11) is 0. The number of benzene rings is 2. The molecule has 0 radical (unpaired) electrons. The second-order valence-corrected chi connectivity index (χ2v) is 8.29. The first-order chi connectivity index (χ1) is 15.8. The summed E-state index contributed by atoms with van der Waals surface area (Å²) in [5, 5.41) is 13.6. The van der Waals surface area contributed by atoms with Gasteiger partial charge in [0.05, 0.1) is 11.4 Å². The van der Waals surface area contributed by atoms with Crippen LogP contribution >= 0.6 is 23.1 Å². The van der Waals surface area contributed by atoms with E-state index in [2.05, 4.69) is 10.3 Å². The fraction of sp³-hybridized carbons (Fsp3) is 0.0909.